The fraction of sp³-hybridized carbons (Fsp3) is 0.588. The van der Waals surface area contributed by atoms with E-state index in [0.717, 1.165) is 37.3 Å². The zero-order valence-electron chi connectivity index (χ0n) is 13.8. The van der Waals surface area contributed by atoms with E-state index >= 15 is 0 Å². The van der Waals surface area contributed by atoms with Crippen LogP contribution in [0.5, 0.6) is 0 Å². The maximum Gasteiger partial charge on any atom is 0.225 e. The van der Waals surface area contributed by atoms with Crippen molar-refractivity contribution in [2.45, 2.75) is 52.1 Å². The van der Waals surface area contributed by atoms with E-state index in [-0.39, 0.29) is 11.9 Å². The molecule has 0 unspecified atom stereocenters. The van der Waals surface area contributed by atoms with Crippen LogP contribution >= 0.6 is 0 Å². The lowest BCUT2D eigenvalue weighted by Crippen LogP contribution is -2.40. The predicted octanol–water partition coefficient (Wildman–Crippen LogP) is 2.82. The number of piperidine rings is 1. The third-order valence-corrected chi connectivity index (χ3v) is 4.57. The largest absolute Gasteiger partial charge is 0.464 e. The minimum atomic E-state index is 0.0577. The van der Waals surface area contributed by atoms with Gasteiger partial charge >= 0.3 is 0 Å². The van der Waals surface area contributed by atoms with Crippen LogP contribution < -0.4 is 0 Å². The number of hydrogen-bond acceptors (Lipinski definition) is 4. The number of aromatic nitrogens is 3. The van der Waals surface area contributed by atoms with Gasteiger partial charge in [-0.15, -0.1) is 0 Å². The van der Waals surface area contributed by atoms with E-state index in [0.29, 0.717) is 18.9 Å². The number of carbonyl (C=O) groups is 1. The highest BCUT2D eigenvalue weighted by atomic mass is 16.3. The van der Waals surface area contributed by atoms with Gasteiger partial charge in [0.15, 0.2) is 0 Å². The SMILES string of the molecule is CCc1ccc([C@@H]2C[C@H](C)CCN2C(=O)CCn2cncn2)o1. The van der Waals surface area contributed by atoms with E-state index in [1.54, 1.807) is 11.0 Å². The summed E-state index contributed by atoms with van der Waals surface area (Å²) in [5.41, 5.74) is 0. The van der Waals surface area contributed by atoms with E-state index in [4.69, 9.17) is 4.42 Å². The fourth-order valence-corrected chi connectivity index (χ4v) is 3.18. The second-order valence-corrected chi connectivity index (χ2v) is 6.30. The van der Waals surface area contributed by atoms with Crippen LogP contribution in [0, 0.1) is 5.92 Å². The Balaban J connectivity index is 1.70. The fourth-order valence-electron chi connectivity index (χ4n) is 3.18. The summed E-state index contributed by atoms with van der Waals surface area (Å²) in [6, 6.07) is 4.11. The van der Waals surface area contributed by atoms with Crippen molar-refractivity contribution in [3.63, 3.8) is 0 Å². The molecule has 6 heteroatoms. The Kier molecular flexibility index (Phi) is 4.79. The molecule has 0 aliphatic carbocycles. The normalized spacial score (nSPS) is 21.6. The van der Waals surface area contributed by atoms with Gasteiger partial charge < -0.3 is 9.32 Å². The van der Waals surface area contributed by atoms with Crippen LogP contribution in [0.15, 0.2) is 29.2 Å². The second kappa shape index (κ2) is 6.98. The van der Waals surface area contributed by atoms with Crippen LogP contribution in [0.4, 0.5) is 0 Å². The molecule has 0 radical (unpaired) electrons. The monoisotopic (exact) mass is 316 g/mol. The average molecular weight is 316 g/mol. The standard InChI is InChI=1S/C17H24N4O2/c1-3-14-4-5-16(23-14)15-10-13(2)6-9-21(15)17(22)7-8-20-12-18-11-19-20/h4-5,11-13,15H,3,6-10H2,1-2H3/t13-,15+/m1/s1. The molecule has 23 heavy (non-hydrogen) atoms. The van der Waals surface area contributed by atoms with Crippen molar-refractivity contribution < 1.29 is 9.21 Å². The van der Waals surface area contributed by atoms with Gasteiger partial charge in [-0.05, 0) is 30.9 Å². The Morgan fingerprint density at radius 1 is 1.43 bits per heavy atom. The first kappa shape index (κ1) is 15.8. The molecule has 3 heterocycles. The van der Waals surface area contributed by atoms with Crippen molar-refractivity contribution in [3.8, 4) is 0 Å². The predicted molar refractivity (Wildman–Crippen MR) is 85.6 cm³/mol. The molecule has 0 spiro atoms. The van der Waals surface area contributed by atoms with Crippen molar-refractivity contribution >= 4 is 5.91 Å². The number of amides is 1. The van der Waals surface area contributed by atoms with Crippen molar-refractivity contribution in [2.24, 2.45) is 5.92 Å². The third-order valence-electron chi connectivity index (χ3n) is 4.57. The van der Waals surface area contributed by atoms with Gasteiger partial charge in [-0.1, -0.05) is 13.8 Å². The number of carbonyl (C=O) groups excluding carboxylic acids is 1. The van der Waals surface area contributed by atoms with Crippen LogP contribution in [0.25, 0.3) is 0 Å². The summed E-state index contributed by atoms with van der Waals surface area (Å²) in [6.07, 6.45) is 6.46. The Morgan fingerprint density at radius 3 is 3.00 bits per heavy atom. The van der Waals surface area contributed by atoms with Crippen molar-refractivity contribution in [1.29, 1.82) is 0 Å². The van der Waals surface area contributed by atoms with Gasteiger partial charge in [-0.2, -0.15) is 5.10 Å². The molecule has 0 aromatic carbocycles. The molecular formula is C17H24N4O2. The topological polar surface area (TPSA) is 64.2 Å². The summed E-state index contributed by atoms with van der Waals surface area (Å²) < 4.78 is 7.63. The Bertz CT molecular complexity index is 635. The summed E-state index contributed by atoms with van der Waals surface area (Å²) in [5, 5.41) is 4.05. The van der Waals surface area contributed by atoms with E-state index in [1.165, 1.54) is 6.33 Å². The van der Waals surface area contributed by atoms with E-state index < -0.39 is 0 Å². The van der Waals surface area contributed by atoms with E-state index in [9.17, 15) is 4.79 Å². The molecule has 2 aromatic heterocycles. The summed E-state index contributed by atoms with van der Waals surface area (Å²) in [6.45, 7) is 5.68. The molecule has 6 nitrogen and oxygen atoms in total. The lowest BCUT2D eigenvalue weighted by molar-refractivity contribution is -0.136. The average Bonchev–Trinajstić information content (AvgIpc) is 3.23. The first-order valence-electron chi connectivity index (χ1n) is 8.38. The highest BCUT2D eigenvalue weighted by Gasteiger charge is 2.32. The molecule has 1 aliphatic rings. The Labute approximate surface area is 136 Å². The maximum atomic E-state index is 12.7. The zero-order valence-corrected chi connectivity index (χ0v) is 13.8. The summed E-state index contributed by atoms with van der Waals surface area (Å²) >= 11 is 0. The highest BCUT2D eigenvalue weighted by Crippen LogP contribution is 2.35. The zero-order chi connectivity index (χ0) is 16.2. The molecule has 1 fully saturated rings. The number of rotatable bonds is 5. The molecule has 3 rings (SSSR count). The molecule has 2 aromatic rings. The van der Waals surface area contributed by atoms with Gasteiger partial charge in [0.05, 0.1) is 12.6 Å². The van der Waals surface area contributed by atoms with Gasteiger partial charge in [0, 0.05) is 19.4 Å². The number of hydrogen-bond donors (Lipinski definition) is 0. The molecule has 1 amide bonds. The lowest BCUT2D eigenvalue weighted by Gasteiger charge is -2.37. The minimum Gasteiger partial charge on any atom is -0.464 e. The Hall–Kier alpha value is -2.11. The molecule has 0 saturated carbocycles. The van der Waals surface area contributed by atoms with Crippen LogP contribution in [0.1, 0.15) is 50.7 Å². The van der Waals surface area contributed by atoms with Gasteiger partial charge in [0.2, 0.25) is 5.91 Å². The molecule has 2 atom stereocenters. The summed E-state index contributed by atoms with van der Waals surface area (Å²) in [7, 11) is 0. The summed E-state index contributed by atoms with van der Waals surface area (Å²) in [5.74, 6) is 2.66. The van der Waals surface area contributed by atoms with E-state index in [2.05, 4.69) is 23.9 Å². The van der Waals surface area contributed by atoms with Crippen LogP contribution in [0.2, 0.25) is 0 Å². The van der Waals surface area contributed by atoms with E-state index in [1.807, 2.05) is 17.0 Å². The quantitative estimate of drug-likeness (QED) is 0.851. The maximum absolute atomic E-state index is 12.7. The third kappa shape index (κ3) is 3.63. The van der Waals surface area contributed by atoms with Crippen LogP contribution in [0.3, 0.4) is 0 Å². The number of likely N-dealkylation sites (tertiary alicyclic amines) is 1. The molecule has 1 aliphatic heterocycles. The van der Waals surface area contributed by atoms with Crippen molar-refractivity contribution in [1.82, 2.24) is 19.7 Å². The number of furan rings is 1. The molecule has 124 valence electrons. The summed E-state index contributed by atoms with van der Waals surface area (Å²) in [4.78, 5) is 18.6. The number of nitrogens with zero attached hydrogens (tertiary/aromatic N) is 4. The first-order valence-corrected chi connectivity index (χ1v) is 8.38. The van der Waals surface area contributed by atoms with Gasteiger partial charge in [-0.3, -0.25) is 9.48 Å². The van der Waals surface area contributed by atoms with Crippen LogP contribution in [-0.2, 0) is 17.8 Å². The Morgan fingerprint density at radius 2 is 2.30 bits per heavy atom. The molecule has 0 N–H and O–H groups in total. The number of aryl methyl sites for hydroxylation is 2. The minimum absolute atomic E-state index is 0.0577. The molecule has 0 bridgehead atoms. The highest BCUT2D eigenvalue weighted by molar-refractivity contribution is 5.76. The van der Waals surface area contributed by atoms with Gasteiger partial charge in [0.25, 0.3) is 0 Å². The molecule has 1 saturated heterocycles. The lowest BCUT2D eigenvalue weighted by atomic mass is 9.91. The van der Waals surface area contributed by atoms with Gasteiger partial charge in [-0.25, -0.2) is 4.98 Å². The van der Waals surface area contributed by atoms with Crippen molar-refractivity contribution in [3.05, 3.63) is 36.3 Å². The van der Waals surface area contributed by atoms with Gasteiger partial charge in [0.1, 0.15) is 24.2 Å². The van der Waals surface area contributed by atoms with Crippen molar-refractivity contribution in [2.75, 3.05) is 6.54 Å². The second-order valence-electron chi connectivity index (χ2n) is 6.30. The smallest absolute Gasteiger partial charge is 0.225 e. The van der Waals surface area contributed by atoms with Crippen LogP contribution in [-0.4, -0.2) is 32.1 Å². The first-order chi connectivity index (χ1) is 11.2. The molecular weight excluding hydrogens is 292 g/mol.